The lowest BCUT2D eigenvalue weighted by atomic mass is 10.1. The maximum atomic E-state index is 11.9. The summed E-state index contributed by atoms with van der Waals surface area (Å²) in [5.74, 6) is -0.439. The Hall–Kier alpha value is -2.93. The van der Waals surface area contributed by atoms with E-state index >= 15 is 0 Å². The Kier molecular flexibility index (Phi) is 5.49. The van der Waals surface area contributed by atoms with Crippen LogP contribution in [0.15, 0.2) is 42.5 Å². The summed E-state index contributed by atoms with van der Waals surface area (Å²) in [7, 11) is 1.45. The third-order valence-electron chi connectivity index (χ3n) is 3.60. The molecule has 0 heterocycles. The first-order chi connectivity index (χ1) is 11.4. The van der Waals surface area contributed by atoms with Gasteiger partial charge in [-0.25, -0.2) is 0 Å². The van der Waals surface area contributed by atoms with Crippen molar-refractivity contribution in [3.8, 4) is 0 Å². The van der Waals surface area contributed by atoms with Crippen LogP contribution in [-0.4, -0.2) is 29.5 Å². The average Bonchev–Trinajstić information content (AvgIpc) is 2.58. The van der Waals surface area contributed by atoms with Crippen molar-refractivity contribution in [1.29, 1.82) is 0 Å². The summed E-state index contributed by atoms with van der Waals surface area (Å²) in [5, 5.41) is 26.6. The number of carbonyl (C=O) groups excluding carboxylic acids is 1. The number of nitro groups is 1. The van der Waals surface area contributed by atoms with Gasteiger partial charge in [0.15, 0.2) is 0 Å². The highest BCUT2D eigenvalue weighted by Crippen LogP contribution is 2.23. The lowest BCUT2D eigenvalue weighted by Gasteiger charge is -2.15. The second-order valence-electron chi connectivity index (χ2n) is 5.38. The molecule has 1 atom stereocenters. The van der Waals surface area contributed by atoms with E-state index in [0.717, 1.165) is 11.1 Å². The van der Waals surface area contributed by atoms with Crippen LogP contribution in [0.1, 0.15) is 27.6 Å². The third kappa shape index (κ3) is 4.08. The number of aryl methyl sites for hydroxylation is 1. The molecule has 2 rings (SSSR count). The molecule has 0 saturated carbocycles. The van der Waals surface area contributed by atoms with Crippen LogP contribution < -0.4 is 10.6 Å². The number of rotatable bonds is 6. The molecule has 0 aromatic heterocycles. The van der Waals surface area contributed by atoms with Crippen LogP contribution in [0.25, 0.3) is 0 Å². The molecule has 2 aromatic carbocycles. The van der Waals surface area contributed by atoms with Crippen molar-refractivity contribution in [2.75, 3.05) is 18.9 Å². The van der Waals surface area contributed by atoms with Crippen LogP contribution in [-0.2, 0) is 0 Å². The standard InChI is InChI=1S/C17H19N3O4/c1-11-4-3-5-12(8-11)16(21)10-19-15-7-6-13(20(23)24)9-14(15)17(22)18-2/h3-9,16,19,21H,10H2,1-2H3,(H,18,22). The summed E-state index contributed by atoms with van der Waals surface area (Å²) in [6.45, 7) is 2.11. The summed E-state index contributed by atoms with van der Waals surface area (Å²) in [5.41, 5.74) is 2.20. The fourth-order valence-electron chi connectivity index (χ4n) is 2.32. The molecule has 0 radical (unpaired) electrons. The molecule has 0 spiro atoms. The Morgan fingerprint density at radius 1 is 1.29 bits per heavy atom. The highest BCUT2D eigenvalue weighted by Gasteiger charge is 2.17. The highest BCUT2D eigenvalue weighted by atomic mass is 16.6. The lowest BCUT2D eigenvalue weighted by molar-refractivity contribution is -0.384. The van der Waals surface area contributed by atoms with Crippen molar-refractivity contribution in [3.05, 3.63) is 69.3 Å². The molecule has 2 aromatic rings. The molecule has 3 N–H and O–H groups in total. The summed E-state index contributed by atoms with van der Waals surface area (Å²) in [6, 6.07) is 11.5. The van der Waals surface area contributed by atoms with Crippen LogP contribution in [0, 0.1) is 17.0 Å². The van der Waals surface area contributed by atoms with E-state index in [4.69, 9.17) is 0 Å². The normalized spacial score (nSPS) is 11.6. The summed E-state index contributed by atoms with van der Waals surface area (Å²) in [4.78, 5) is 22.2. The predicted octanol–water partition coefficient (Wildman–Crippen LogP) is 2.41. The van der Waals surface area contributed by atoms with Gasteiger partial charge in [-0.15, -0.1) is 0 Å². The first-order valence-electron chi connectivity index (χ1n) is 7.41. The van der Waals surface area contributed by atoms with E-state index in [1.807, 2.05) is 31.2 Å². The number of aliphatic hydroxyl groups excluding tert-OH is 1. The number of benzene rings is 2. The molecule has 0 saturated heterocycles. The van der Waals surface area contributed by atoms with E-state index in [0.29, 0.717) is 5.69 Å². The number of aliphatic hydroxyl groups is 1. The van der Waals surface area contributed by atoms with E-state index < -0.39 is 16.9 Å². The predicted molar refractivity (Wildman–Crippen MR) is 91.1 cm³/mol. The monoisotopic (exact) mass is 329 g/mol. The van der Waals surface area contributed by atoms with Crippen molar-refractivity contribution in [2.45, 2.75) is 13.0 Å². The number of carbonyl (C=O) groups is 1. The van der Waals surface area contributed by atoms with Crippen LogP contribution in [0.4, 0.5) is 11.4 Å². The Balaban J connectivity index is 2.19. The number of hydrogen-bond acceptors (Lipinski definition) is 5. The molecule has 24 heavy (non-hydrogen) atoms. The maximum absolute atomic E-state index is 11.9. The van der Waals surface area contributed by atoms with Crippen LogP contribution >= 0.6 is 0 Å². The Labute approximate surface area is 139 Å². The van der Waals surface area contributed by atoms with Gasteiger partial charge >= 0.3 is 0 Å². The number of nitrogens with one attached hydrogen (secondary N) is 2. The summed E-state index contributed by atoms with van der Waals surface area (Å²) in [6.07, 6.45) is -0.766. The molecule has 0 bridgehead atoms. The van der Waals surface area contributed by atoms with Gasteiger partial charge in [0.05, 0.1) is 16.6 Å². The van der Waals surface area contributed by atoms with Gasteiger partial charge in [-0.1, -0.05) is 29.8 Å². The fourth-order valence-corrected chi connectivity index (χ4v) is 2.32. The van der Waals surface area contributed by atoms with Gasteiger partial charge in [0.25, 0.3) is 11.6 Å². The quantitative estimate of drug-likeness (QED) is 0.557. The van der Waals surface area contributed by atoms with Crippen LogP contribution in [0.2, 0.25) is 0 Å². The summed E-state index contributed by atoms with van der Waals surface area (Å²) < 4.78 is 0. The van der Waals surface area contributed by atoms with Gasteiger partial charge in [0.2, 0.25) is 0 Å². The number of non-ortho nitro benzene ring substituents is 1. The van der Waals surface area contributed by atoms with Crippen molar-refractivity contribution in [2.24, 2.45) is 0 Å². The third-order valence-corrected chi connectivity index (χ3v) is 3.60. The first kappa shape index (κ1) is 17.4. The zero-order valence-electron chi connectivity index (χ0n) is 13.4. The molecule has 0 aliphatic heterocycles. The molecule has 0 aliphatic carbocycles. The first-order valence-corrected chi connectivity index (χ1v) is 7.41. The second-order valence-corrected chi connectivity index (χ2v) is 5.38. The number of anilines is 1. The van der Waals surface area contributed by atoms with Gasteiger partial charge in [-0.05, 0) is 18.6 Å². The SMILES string of the molecule is CNC(=O)c1cc([N+](=O)[O-])ccc1NCC(O)c1cccc(C)c1. The Morgan fingerprint density at radius 2 is 2.04 bits per heavy atom. The van der Waals surface area contributed by atoms with Gasteiger partial charge < -0.3 is 15.7 Å². The minimum Gasteiger partial charge on any atom is -0.387 e. The average molecular weight is 329 g/mol. The van der Waals surface area contributed by atoms with Crippen molar-refractivity contribution < 1.29 is 14.8 Å². The zero-order valence-corrected chi connectivity index (χ0v) is 13.4. The Bertz CT molecular complexity index is 761. The van der Waals surface area contributed by atoms with Crippen molar-refractivity contribution in [3.63, 3.8) is 0 Å². The van der Waals surface area contributed by atoms with Crippen molar-refractivity contribution >= 4 is 17.3 Å². The van der Waals surface area contributed by atoms with Crippen LogP contribution in [0.5, 0.6) is 0 Å². The van der Waals surface area contributed by atoms with Crippen molar-refractivity contribution in [1.82, 2.24) is 5.32 Å². The molecule has 1 amide bonds. The highest BCUT2D eigenvalue weighted by molar-refractivity contribution is 6.00. The molecule has 126 valence electrons. The van der Waals surface area contributed by atoms with E-state index in [1.54, 1.807) is 0 Å². The number of hydrogen-bond donors (Lipinski definition) is 3. The van der Waals surface area contributed by atoms with E-state index in [2.05, 4.69) is 10.6 Å². The molecule has 0 aliphatic rings. The largest absolute Gasteiger partial charge is 0.387 e. The minimum atomic E-state index is -0.766. The molecule has 0 fully saturated rings. The number of amides is 1. The molecule has 1 unspecified atom stereocenters. The van der Waals surface area contributed by atoms with E-state index in [-0.39, 0.29) is 17.8 Å². The Morgan fingerprint density at radius 3 is 2.67 bits per heavy atom. The smallest absolute Gasteiger partial charge is 0.270 e. The minimum absolute atomic E-state index is 0.156. The van der Waals surface area contributed by atoms with Gasteiger partial charge in [0.1, 0.15) is 0 Å². The van der Waals surface area contributed by atoms with E-state index in [1.165, 1.54) is 25.2 Å². The molecular weight excluding hydrogens is 310 g/mol. The fraction of sp³-hybridized carbons (Fsp3) is 0.235. The molecule has 7 nitrogen and oxygen atoms in total. The molecule has 7 heteroatoms. The second kappa shape index (κ2) is 7.56. The van der Waals surface area contributed by atoms with Gasteiger partial charge in [-0.2, -0.15) is 0 Å². The molecular formula is C17H19N3O4. The number of nitrogens with zero attached hydrogens (tertiary/aromatic N) is 1. The number of nitro benzene ring substituents is 1. The topological polar surface area (TPSA) is 104 Å². The summed E-state index contributed by atoms with van der Waals surface area (Å²) >= 11 is 0. The zero-order chi connectivity index (χ0) is 17.7. The maximum Gasteiger partial charge on any atom is 0.270 e. The lowest BCUT2D eigenvalue weighted by Crippen LogP contribution is -2.21. The van der Waals surface area contributed by atoms with Gasteiger partial charge in [-0.3, -0.25) is 14.9 Å². The van der Waals surface area contributed by atoms with Crippen LogP contribution in [0.3, 0.4) is 0 Å². The van der Waals surface area contributed by atoms with Gasteiger partial charge in [0, 0.05) is 31.4 Å². The van der Waals surface area contributed by atoms with E-state index in [9.17, 15) is 20.0 Å².